The van der Waals surface area contributed by atoms with Crippen LogP contribution < -0.4 is 5.69 Å². The molecule has 118 valence electrons. The minimum absolute atomic E-state index is 0.123. The van der Waals surface area contributed by atoms with E-state index in [4.69, 9.17) is 17.0 Å². The Balaban J connectivity index is 2.01. The number of nitrogens with zero attached hydrogens (tertiary/aromatic N) is 1. The van der Waals surface area contributed by atoms with E-state index in [-0.39, 0.29) is 11.7 Å². The van der Waals surface area contributed by atoms with Crippen LogP contribution in [0.3, 0.4) is 0 Å². The summed E-state index contributed by atoms with van der Waals surface area (Å²) in [6, 6.07) is 1.73. The highest BCUT2D eigenvalue weighted by atomic mass is 32.1. The van der Waals surface area contributed by atoms with Crippen molar-refractivity contribution in [3.05, 3.63) is 27.4 Å². The molecule has 0 unspecified atom stereocenters. The number of nitrogens with one attached hydrogen (secondary N) is 1. The number of aromatic nitrogens is 2. The number of hydrogen-bond acceptors (Lipinski definition) is 4. The zero-order chi connectivity index (χ0) is 15.5. The summed E-state index contributed by atoms with van der Waals surface area (Å²) in [5, 5.41) is 0. The van der Waals surface area contributed by atoms with Crippen LogP contribution in [0.15, 0.2) is 17.1 Å². The van der Waals surface area contributed by atoms with E-state index in [9.17, 15) is 9.59 Å². The summed E-state index contributed by atoms with van der Waals surface area (Å²) >= 11 is 4.89. The van der Waals surface area contributed by atoms with Crippen molar-refractivity contribution in [2.75, 3.05) is 6.61 Å². The highest BCUT2D eigenvalue weighted by Crippen LogP contribution is 2.06. The number of hydrogen-bond donors (Lipinski definition) is 1. The SMILES string of the molecule is CCC(=O)OCCCCCCCCn1ccc(=S)[nH]c1=O. The zero-order valence-electron chi connectivity index (χ0n) is 12.6. The van der Waals surface area contributed by atoms with Crippen LogP contribution in [0.5, 0.6) is 0 Å². The predicted octanol–water partition coefficient (Wildman–Crippen LogP) is 3.20. The quantitative estimate of drug-likeness (QED) is 0.409. The summed E-state index contributed by atoms with van der Waals surface area (Å²) in [6.07, 6.45) is 8.55. The maximum absolute atomic E-state index is 11.6. The highest BCUT2D eigenvalue weighted by molar-refractivity contribution is 7.71. The van der Waals surface area contributed by atoms with Gasteiger partial charge in [0, 0.05) is 19.2 Å². The number of unbranched alkanes of at least 4 members (excludes halogenated alkanes) is 5. The maximum atomic E-state index is 11.6. The van der Waals surface area contributed by atoms with E-state index in [0.29, 0.717) is 17.7 Å². The van der Waals surface area contributed by atoms with Gasteiger partial charge < -0.3 is 9.30 Å². The zero-order valence-corrected chi connectivity index (χ0v) is 13.4. The van der Waals surface area contributed by atoms with Gasteiger partial charge in [0.15, 0.2) is 0 Å². The summed E-state index contributed by atoms with van der Waals surface area (Å²) in [7, 11) is 0. The molecular weight excluding hydrogens is 288 g/mol. The normalized spacial score (nSPS) is 10.5. The minimum atomic E-state index is -0.139. The molecule has 1 aromatic heterocycles. The lowest BCUT2D eigenvalue weighted by Crippen LogP contribution is -2.22. The number of aromatic amines is 1. The summed E-state index contributed by atoms with van der Waals surface area (Å²) in [4.78, 5) is 25.1. The molecule has 0 aliphatic carbocycles. The number of rotatable bonds is 10. The molecule has 0 saturated carbocycles. The molecule has 0 aliphatic rings. The number of carbonyl (C=O) groups is 1. The van der Waals surface area contributed by atoms with Crippen molar-refractivity contribution in [1.82, 2.24) is 9.55 Å². The molecule has 0 radical (unpaired) electrons. The lowest BCUT2D eigenvalue weighted by atomic mass is 10.1. The number of H-pyrrole nitrogens is 1. The van der Waals surface area contributed by atoms with Gasteiger partial charge in [-0.15, -0.1) is 0 Å². The Morgan fingerprint density at radius 1 is 1.24 bits per heavy atom. The van der Waals surface area contributed by atoms with E-state index >= 15 is 0 Å². The van der Waals surface area contributed by atoms with Crippen molar-refractivity contribution >= 4 is 18.2 Å². The summed E-state index contributed by atoms with van der Waals surface area (Å²) < 4.78 is 7.14. The van der Waals surface area contributed by atoms with Crippen molar-refractivity contribution in [2.24, 2.45) is 0 Å². The first-order valence-corrected chi connectivity index (χ1v) is 7.99. The Morgan fingerprint density at radius 2 is 1.90 bits per heavy atom. The Kier molecular flexibility index (Phi) is 8.66. The van der Waals surface area contributed by atoms with Crippen molar-refractivity contribution in [2.45, 2.75) is 58.4 Å². The molecule has 0 aliphatic heterocycles. The van der Waals surface area contributed by atoms with Crippen LogP contribution in [0.2, 0.25) is 0 Å². The Hall–Kier alpha value is -1.43. The molecule has 1 heterocycles. The van der Waals surface area contributed by atoms with Gasteiger partial charge >= 0.3 is 11.7 Å². The third-order valence-electron chi connectivity index (χ3n) is 3.24. The topological polar surface area (TPSA) is 64.1 Å². The van der Waals surface area contributed by atoms with E-state index in [1.54, 1.807) is 23.8 Å². The first-order chi connectivity index (χ1) is 10.1. The second-order valence-electron chi connectivity index (χ2n) is 5.00. The molecule has 0 fully saturated rings. The van der Waals surface area contributed by atoms with Crippen LogP contribution in [-0.2, 0) is 16.1 Å². The van der Waals surface area contributed by atoms with Gasteiger partial charge in [0.05, 0.1) is 6.61 Å². The van der Waals surface area contributed by atoms with Crippen LogP contribution in [0, 0.1) is 4.64 Å². The number of ether oxygens (including phenoxy) is 1. The predicted molar refractivity (Wildman–Crippen MR) is 84.8 cm³/mol. The van der Waals surface area contributed by atoms with E-state index in [1.165, 1.54) is 0 Å². The van der Waals surface area contributed by atoms with Gasteiger partial charge in [-0.3, -0.25) is 9.78 Å². The monoisotopic (exact) mass is 312 g/mol. The first kappa shape index (κ1) is 17.6. The molecule has 21 heavy (non-hydrogen) atoms. The van der Waals surface area contributed by atoms with Crippen LogP contribution in [0.25, 0.3) is 0 Å². The molecule has 1 N–H and O–H groups in total. The summed E-state index contributed by atoms with van der Waals surface area (Å²) in [5.41, 5.74) is -0.139. The minimum Gasteiger partial charge on any atom is -0.466 e. The molecular formula is C15H24N2O3S. The van der Waals surface area contributed by atoms with Crippen molar-refractivity contribution in [3.63, 3.8) is 0 Å². The molecule has 1 aromatic rings. The van der Waals surface area contributed by atoms with Crippen LogP contribution in [-0.4, -0.2) is 22.1 Å². The molecule has 5 nitrogen and oxygen atoms in total. The van der Waals surface area contributed by atoms with E-state index in [1.807, 2.05) is 0 Å². The third kappa shape index (κ3) is 7.80. The van der Waals surface area contributed by atoms with Gasteiger partial charge in [0.1, 0.15) is 4.64 Å². The fraction of sp³-hybridized carbons (Fsp3) is 0.667. The van der Waals surface area contributed by atoms with Crippen molar-refractivity contribution in [3.8, 4) is 0 Å². The van der Waals surface area contributed by atoms with Gasteiger partial charge in [0.25, 0.3) is 0 Å². The Bertz CT molecular complexity index is 536. The second-order valence-corrected chi connectivity index (χ2v) is 5.44. The van der Waals surface area contributed by atoms with Gasteiger partial charge in [0.2, 0.25) is 0 Å². The van der Waals surface area contributed by atoms with Crippen LogP contribution >= 0.6 is 12.2 Å². The smallest absolute Gasteiger partial charge is 0.326 e. The second kappa shape index (κ2) is 10.3. The Morgan fingerprint density at radius 3 is 2.57 bits per heavy atom. The van der Waals surface area contributed by atoms with E-state index in [2.05, 4.69) is 4.98 Å². The molecule has 0 aromatic carbocycles. The standard InChI is InChI=1S/C15H24N2O3S/c1-2-14(18)20-12-8-6-4-3-5-7-10-17-11-9-13(21)16-15(17)19/h9,11H,2-8,10,12H2,1H3,(H,16,19,21). The summed E-state index contributed by atoms with van der Waals surface area (Å²) in [5.74, 6) is -0.123. The maximum Gasteiger partial charge on any atom is 0.326 e. The molecule has 0 amide bonds. The third-order valence-corrected chi connectivity index (χ3v) is 3.48. The lowest BCUT2D eigenvalue weighted by Gasteiger charge is -2.05. The largest absolute Gasteiger partial charge is 0.466 e. The number of aryl methyl sites for hydroxylation is 1. The fourth-order valence-corrected chi connectivity index (χ4v) is 2.15. The molecule has 1 rings (SSSR count). The Labute approximate surface area is 130 Å². The average molecular weight is 312 g/mol. The van der Waals surface area contributed by atoms with E-state index in [0.717, 1.165) is 45.1 Å². The fourth-order valence-electron chi connectivity index (χ4n) is 2.00. The summed E-state index contributed by atoms with van der Waals surface area (Å²) in [6.45, 7) is 3.05. The highest BCUT2D eigenvalue weighted by Gasteiger charge is 1.98. The average Bonchev–Trinajstić information content (AvgIpc) is 2.47. The van der Waals surface area contributed by atoms with Gasteiger partial charge in [-0.2, -0.15) is 0 Å². The van der Waals surface area contributed by atoms with Gasteiger partial charge in [-0.1, -0.05) is 44.8 Å². The van der Waals surface area contributed by atoms with Crippen LogP contribution in [0.4, 0.5) is 0 Å². The van der Waals surface area contributed by atoms with Crippen molar-refractivity contribution < 1.29 is 9.53 Å². The molecule has 0 saturated heterocycles. The molecule has 0 atom stereocenters. The van der Waals surface area contributed by atoms with E-state index < -0.39 is 0 Å². The molecule has 6 heteroatoms. The van der Waals surface area contributed by atoms with Gasteiger partial charge in [-0.05, 0) is 18.9 Å². The van der Waals surface area contributed by atoms with Gasteiger partial charge in [-0.25, -0.2) is 4.79 Å². The number of carbonyl (C=O) groups excluding carboxylic acids is 1. The lowest BCUT2D eigenvalue weighted by molar-refractivity contribution is -0.143. The van der Waals surface area contributed by atoms with Crippen LogP contribution in [0.1, 0.15) is 51.9 Å². The van der Waals surface area contributed by atoms with Crippen molar-refractivity contribution in [1.29, 1.82) is 0 Å². The molecule has 0 bridgehead atoms. The first-order valence-electron chi connectivity index (χ1n) is 7.59. The molecule has 0 spiro atoms. The number of esters is 1.